The zero-order valence-corrected chi connectivity index (χ0v) is 11.9. The normalized spacial score (nSPS) is 28.3. The molecule has 5 heteroatoms. The summed E-state index contributed by atoms with van der Waals surface area (Å²) >= 11 is 0. The number of carbonyl (C=O) groups is 2. The summed E-state index contributed by atoms with van der Waals surface area (Å²) in [7, 11) is 0. The Hall–Kier alpha value is -1.23. The highest BCUT2D eigenvalue weighted by atomic mass is 16.6. The Morgan fingerprint density at radius 3 is 2.47 bits per heavy atom. The maximum Gasteiger partial charge on any atom is 0.433 e. The Morgan fingerprint density at radius 2 is 2.00 bits per heavy atom. The van der Waals surface area contributed by atoms with Crippen LogP contribution in [0.15, 0.2) is 4.99 Å². The number of nitrogens with zero attached hydrogens (tertiary/aromatic N) is 1. The van der Waals surface area contributed by atoms with E-state index in [0.29, 0.717) is 12.8 Å². The number of hydrogen-bond donors (Lipinski definition) is 1. The summed E-state index contributed by atoms with van der Waals surface area (Å²) in [5.74, 6) is 0.166. The largest absolute Gasteiger partial charge is 0.442 e. The van der Waals surface area contributed by atoms with Gasteiger partial charge in [0.25, 0.3) is 0 Å². The van der Waals surface area contributed by atoms with Crippen LogP contribution in [-0.2, 0) is 9.53 Å². The predicted molar refractivity (Wildman–Crippen MR) is 72.3 cm³/mol. The van der Waals surface area contributed by atoms with E-state index >= 15 is 0 Å². The molecule has 0 spiro atoms. The fourth-order valence-electron chi connectivity index (χ4n) is 2.14. The molecule has 1 rings (SSSR count). The number of rotatable bonds is 3. The summed E-state index contributed by atoms with van der Waals surface area (Å²) in [6.07, 6.45) is 4.56. The lowest BCUT2D eigenvalue weighted by molar-refractivity contribution is -0.113. The Bertz CT molecular complexity index is 349. The third-order valence-corrected chi connectivity index (χ3v) is 3.21. The highest BCUT2D eigenvalue weighted by molar-refractivity contribution is 5.80. The summed E-state index contributed by atoms with van der Waals surface area (Å²) in [6, 6.07) is 0. The lowest BCUT2D eigenvalue weighted by atomic mass is 9.78. The van der Waals surface area contributed by atoms with Crippen molar-refractivity contribution in [3.05, 3.63) is 0 Å². The molecule has 0 aliphatic heterocycles. The van der Waals surface area contributed by atoms with Crippen molar-refractivity contribution in [2.24, 2.45) is 10.9 Å². The van der Waals surface area contributed by atoms with E-state index in [0.717, 1.165) is 19.1 Å². The summed E-state index contributed by atoms with van der Waals surface area (Å²) in [4.78, 5) is 25.7. The molecule has 0 unspecified atom stereocenters. The molecule has 1 aliphatic carbocycles. The topological polar surface area (TPSA) is 76.0 Å². The van der Waals surface area contributed by atoms with Gasteiger partial charge >= 0.3 is 6.09 Å². The number of hydrogen-bond acceptors (Lipinski definition) is 4. The fourth-order valence-corrected chi connectivity index (χ4v) is 2.14. The quantitative estimate of drug-likeness (QED) is 0.631. The average molecular weight is 269 g/mol. The molecule has 1 amide bonds. The SMILES string of the molecule is CC(C)(C)OC(=O)/N=C/C1CCC(O)(CC=O)CC1. The second-order valence-electron chi connectivity index (χ2n) is 6.19. The Labute approximate surface area is 114 Å². The smallest absolute Gasteiger partial charge is 0.433 e. The van der Waals surface area contributed by atoms with Gasteiger partial charge in [0.05, 0.1) is 5.60 Å². The Kier molecular flexibility index (Phi) is 5.23. The van der Waals surface area contributed by atoms with Crippen molar-refractivity contribution in [1.82, 2.24) is 0 Å². The second-order valence-corrected chi connectivity index (χ2v) is 6.19. The maximum absolute atomic E-state index is 11.4. The van der Waals surface area contributed by atoms with Gasteiger partial charge in [0, 0.05) is 12.6 Å². The summed E-state index contributed by atoms with van der Waals surface area (Å²) in [6.45, 7) is 5.38. The van der Waals surface area contributed by atoms with Crippen molar-refractivity contribution in [2.75, 3.05) is 0 Å². The molecule has 1 N–H and O–H groups in total. The van der Waals surface area contributed by atoms with Gasteiger partial charge in [-0.3, -0.25) is 0 Å². The van der Waals surface area contributed by atoms with Crippen molar-refractivity contribution >= 4 is 18.6 Å². The number of amides is 1. The van der Waals surface area contributed by atoms with Crippen LogP contribution in [0.1, 0.15) is 52.9 Å². The molecule has 19 heavy (non-hydrogen) atoms. The summed E-state index contributed by atoms with van der Waals surface area (Å²) < 4.78 is 5.08. The standard InChI is InChI=1S/C14H23NO4/c1-13(2,3)19-12(17)15-10-11-4-6-14(18,7-5-11)8-9-16/h9-11,18H,4-8H2,1-3H3/b15-10+. The molecule has 1 fully saturated rings. The molecule has 0 atom stereocenters. The van der Waals surface area contributed by atoms with E-state index in [-0.39, 0.29) is 12.3 Å². The zero-order valence-electron chi connectivity index (χ0n) is 11.9. The third kappa shape index (κ3) is 5.96. The van der Waals surface area contributed by atoms with Gasteiger partial charge in [0.15, 0.2) is 0 Å². The van der Waals surface area contributed by atoms with Crippen LogP contribution in [-0.4, -0.2) is 34.9 Å². The van der Waals surface area contributed by atoms with Gasteiger partial charge in [-0.2, -0.15) is 4.99 Å². The van der Waals surface area contributed by atoms with E-state index in [1.165, 1.54) is 0 Å². The average Bonchev–Trinajstić information content (AvgIpc) is 2.26. The first-order valence-electron chi connectivity index (χ1n) is 6.67. The van der Waals surface area contributed by atoms with Crippen LogP contribution in [0.2, 0.25) is 0 Å². The fraction of sp³-hybridized carbons (Fsp3) is 0.786. The van der Waals surface area contributed by atoms with Gasteiger partial charge < -0.3 is 14.6 Å². The van der Waals surface area contributed by atoms with Crippen molar-refractivity contribution in [3.8, 4) is 0 Å². The van der Waals surface area contributed by atoms with Crippen LogP contribution < -0.4 is 0 Å². The predicted octanol–water partition coefficient (Wildman–Crippen LogP) is 2.50. The summed E-state index contributed by atoms with van der Waals surface area (Å²) in [5, 5.41) is 10.1. The van der Waals surface area contributed by atoms with Crippen LogP contribution in [0.3, 0.4) is 0 Å². The molecule has 0 aromatic carbocycles. The molecule has 0 aromatic heterocycles. The highest BCUT2D eigenvalue weighted by Crippen LogP contribution is 2.33. The third-order valence-electron chi connectivity index (χ3n) is 3.21. The number of aliphatic hydroxyl groups is 1. The van der Waals surface area contributed by atoms with Gasteiger partial charge in [-0.25, -0.2) is 4.79 Å². The van der Waals surface area contributed by atoms with Gasteiger partial charge in [0.2, 0.25) is 0 Å². The molecule has 0 saturated heterocycles. The van der Waals surface area contributed by atoms with Crippen molar-refractivity contribution in [1.29, 1.82) is 0 Å². The molecule has 0 radical (unpaired) electrons. The van der Waals surface area contributed by atoms with Crippen LogP contribution in [0.25, 0.3) is 0 Å². The number of ether oxygens (including phenoxy) is 1. The van der Waals surface area contributed by atoms with Crippen molar-refractivity contribution in [2.45, 2.75) is 64.1 Å². The molecule has 5 nitrogen and oxygen atoms in total. The monoisotopic (exact) mass is 269 g/mol. The second kappa shape index (κ2) is 6.28. The van der Waals surface area contributed by atoms with Crippen molar-refractivity contribution < 1.29 is 19.4 Å². The summed E-state index contributed by atoms with van der Waals surface area (Å²) in [5.41, 5.74) is -1.40. The van der Waals surface area contributed by atoms with Crippen LogP contribution in [0.4, 0.5) is 4.79 Å². The maximum atomic E-state index is 11.4. The van der Waals surface area contributed by atoms with E-state index in [9.17, 15) is 14.7 Å². The minimum atomic E-state index is -0.863. The van der Waals surface area contributed by atoms with E-state index in [1.807, 2.05) is 0 Å². The lowest BCUT2D eigenvalue weighted by Gasteiger charge is -2.33. The highest BCUT2D eigenvalue weighted by Gasteiger charge is 2.32. The Balaban J connectivity index is 2.40. The van der Waals surface area contributed by atoms with Crippen LogP contribution >= 0.6 is 0 Å². The number of aliphatic imine (C=N–C) groups is 1. The van der Waals surface area contributed by atoms with E-state index in [2.05, 4.69) is 4.99 Å². The van der Waals surface area contributed by atoms with Gasteiger partial charge in [0.1, 0.15) is 11.9 Å². The van der Waals surface area contributed by atoms with Gasteiger partial charge in [-0.05, 0) is 52.4 Å². The van der Waals surface area contributed by atoms with Crippen molar-refractivity contribution in [3.63, 3.8) is 0 Å². The van der Waals surface area contributed by atoms with Gasteiger partial charge in [-0.15, -0.1) is 0 Å². The Morgan fingerprint density at radius 1 is 1.42 bits per heavy atom. The lowest BCUT2D eigenvalue weighted by Crippen LogP contribution is -2.34. The van der Waals surface area contributed by atoms with E-state index < -0.39 is 17.3 Å². The first-order chi connectivity index (χ1) is 8.74. The molecule has 108 valence electrons. The molecule has 0 aromatic rings. The molecule has 1 saturated carbocycles. The minimum Gasteiger partial charge on any atom is -0.442 e. The zero-order chi connectivity index (χ0) is 14.5. The molecular formula is C14H23NO4. The first-order valence-corrected chi connectivity index (χ1v) is 6.67. The minimum absolute atomic E-state index is 0.166. The molecule has 0 bridgehead atoms. The number of carbonyl (C=O) groups excluding carboxylic acids is 2. The van der Waals surface area contributed by atoms with Crippen LogP contribution in [0, 0.1) is 5.92 Å². The number of aldehydes is 1. The molecule has 0 heterocycles. The van der Waals surface area contributed by atoms with Gasteiger partial charge in [-0.1, -0.05) is 0 Å². The van der Waals surface area contributed by atoms with E-state index in [1.54, 1.807) is 27.0 Å². The first kappa shape index (κ1) is 15.8. The van der Waals surface area contributed by atoms with E-state index in [4.69, 9.17) is 4.74 Å². The molecule has 1 aliphatic rings. The van der Waals surface area contributed by atoms with Crippen LogP contribution in [0.5, 0.6) is 0 Å². The molecular weight excluding hydrogens is 246 g/mol.